The molecule has 4 N–H and O–H groups in total. The van der Waals surface area contributed by atoms with Crippen molar-refractivity contribution in [3.8, 4) is 0 Å². The van der Waals surface area contributed by atoms with Gasteiger partial charge in [0.1, 0.15) is 0 Å². The van der Waals surface area contributed by atoms with Crippen molar-refractivity contribution >= 4 is 16.1 Å². The van der Waals surface area contributed by atoms with Crippen LogP contribution in [0, 0.1) is 0 Å². The van der Waals surface area contributed by atoms with Gasteiger partial charge < -0.3 is 5.73 Å². The highest BCUT2D eigenvalue weighted by Gasteiger charge is 2.09. The fourth-order valence-corrected chi connectivity index (χ4v) is 1.79. The smallest absolute Gasteiger partial charge is 0.238 e. The van der Waals surface area contributed by atoms with Crippen LogP contribution in [-0.4, -0.2) is 8.42 Å². The summed E-state index contributed by atoms with van der Waals surface area (Å²) in [5, 5.41) is 5.08. The average molecular weight is 238 g/mol. The zero-order valence-corrected chi connectivity index (χ0v) is 9.74. The summed E-state index contributed by atoms with van der Waals surface area (Å²) in [6, 6.07) is 9.03. The van der Waals surface area contributed by atoms with E-state index in [9.17, 15) is 8.42 Å². The van der Waals surface area contributed by atoms with E-state index in [1.165, 1.54) is 12.2 Å². The number of rotatable bonds is 3. The van der Waals surface area contributed by atoms with Crippen molar-refractivity contribution in [1.82, 2.24) is 0 Å². The lowest BCUT2D eigenvalue weighted by Crippen LogP contribution is -2.14. The van der Waals surface area contributed by atoms with E-state index in [2.05, 4.69) is 0 Å². The average Bonchev–Trinajstić information content (AvgIpc) is 2.16. The molecule has 0 unspecified atom stereocenters. The van der Waals surface area contributed by atoms with Crippen LogP contribution < -0.4 is 10.9 Å². The van der Waals surface area contributed by atoms with Gasteiger partial charge in [-0.3, -0.25) is 0 Å². The maximum absolute atomic E-state index is 11.3. The van der Waals surface area contributed by atoms with Crippen LogP contribution >= 0.6 is 0 Å². The molecule has 0 spiro atoms. The van der Waals surface area contributed by atoms with Crippen LogP contribution in [0.15, 0.2) is 47.0 Å². The molecular weight excluding hydrogens is 224 g/mol. The zero-order chi connectivity index (χ0) is 12.2. The highest BCUT2D eigenvalue weighted by Crippen LogP contribution is 2.12. The molecular formula is C11H14N2O2S. The molecule has 0 radical (unpaired) electrons. The van der Waals surface area contributed by atoms with Crippen LogP contribution in [0.2, 0.25) is 0 Å². The van der Waals surface area contributed by atoms with E-state index in [0.29, 0.717) is 5.70 Å². The SMILES string of the molecule is C/C(N)=C\C(=C/c1ccccc1)S(N)(=O)=O. The molecule has 1 aromatic rings. The monoisotopic (exact) mass is 238 g/mol. The van der Waals surface area contributed by atoms with Crippen LogP contribution in [0.25, 0.3) is 6.08 Å². The molecule has 0 aliphatic carbocycles. The number of sulfonamides is 1. The third-order valence-electron chi connectivity index (χ3n) is 1.81. The molecule has 0 heterocycles. The van der Waals surface area contributed by atoms with Crippen molar-refractivity contribution in [2.45, 2.75) is 6.92 Å². The summed E-state index contributed by atoms with van der Waals surface area (Å²) in [4.78, 5) is -0.00120. The van der Waals surface area contributed by atoms with Crippen LogP contribution in [0.4, 0.5) is 0 Å². The Bertz CT molecular complexity index is 512. The molecule has 4 nitrogen and oxygen atoms in total. The highest BCUT2D eigenvalue weighted by molar-refractivity contribution is 7.93. The summed E-state index contributed by atoms with van der Waals surface area (Å²) < 4.78 is 22.6. The van der Waals surface area contributed by atoms with Crippen LogP contribution in [0.1, 0.15) is 12.5 Å². The molecule has 0 saturated carbocycles. The Kier molecular flexibility index (Phi) is 3.87. The van der Waals surface area contributed by atoms with E-state index in [4.69, 9.17) is 10.9 Å². The number of benzene rings is 1. The Labute approximate surface area is 95.3 Å². The van der Waals surface area contributed by atoms with Gasteiger partial charge >= 0.3 is 0 Å². The second-order valence-corrected chi connectivity index (χ2v) is 4.95. The fourth-order valence-electron chi connectivity index (χ4n) is 1.14. The maximum atomic E-state index is 11.3. The van der Waals surface area contributed by atoms with Gasteiger partial charge in [0.05, 0.1) is 4.91 Å². The maximum Gasteiger partial charge on any atom is 0.238 e. The lowest BCUT2D eigenvalue weighted by molar-refractivity contribution is 0.604. The fraction of sp³-hybridized carbons (Fsp3) is 0.0909. The first kappa shape index (κ1) is 12.5. The quantitative estimate of drug-likeness (QED) is 0.775. The third kappa shape index (κ3) is 3.88. The standard InChI is InChI=1S/C11H14N2O2S/c1-9(12)7-11(16(13,14)15)8-10-5-3-2-4-6-10/h2-8H,12H2,1H3,(H2,13,14,15)/b9-7+,11-8+. The van der Waals surface area contributed by atoms with Gasteiger partial charge in [-0.05, 0) is 24.6 Å². The summed E-state index contributed by atoms with van der Waals surface area (Å²) >= 11 is 0. The van der Waals surface area contributed by atoms with Gasteiger partial charge in [-0.25, -0.2) is 13.6 Å². The van der Waals surface area contributed by atoms with Gasteiger partial charge in [0.25, 0.3) is 0 Å². The van der Waals surface area contributed by atoms with E-state index in [0.717, 1.165) is 5.56 Å². The molecule has 5 heteroatoms. The van der Waals surface area contributed by atoms with Crippen molar-refractivity contribution < 1.29 is 8.42 Å². The van der Waals surface area contributed by atoms with Crippen LogP contribution in [-0.2, 0) is 10.0 Å². The summed E-state index contributed by atoms with van der Waals surface area (Å²) in [7, 11) is -3.75. The molecule has 0 saturated heterocycles. The Balaban J connectivity index is 3.24. The minimum absolute atomic E-state index is 0.00120. The largest absolute Gasteiger partial charge is 0.402 e. The minimum Gasteiger partial charge on any atom is -0.402 e. The van der Waals surface area contributed by atoms with E-state index < -0.39 is 10.0 Å². The molecule has 0 aliphatic heterocycles. The number of hydrogen-bond donors (Lipinski definition) is 2. The van der Waals surface area contributed by atoms with E-state index in [-0.39, 0.29) is 4.91 Å². The number of allylic oxidation sites excluding steroid dienone is 2. The molecule has 0 bridgehead atoms. The van der Waals surface area contributed by atoms with Gasteiger partial charge in [-0.15, -0.1) is 0 Å². The van der Waals surface area contributed by atoms with Gasteiger partial charge in [-0.1, -0.05) is 30.3 Å². The topological polar surface area (TPSA) is 86.2 Å². The van der Waals surface area contributed by atoms with E-state index in [1.807, 2.05) is 18.2 Å². The molecule has 86 valence electrons. The summed E-state index contributed by atoms with van der Waals surface area (Å²) in [5.74, 6) is 0. The Morgan fingerprint density at radius 2 is 1.81 bits per heavy atom. The second kappa shape index (κ2) is 4.96. The first-order valence-electron chi connectivity index (χ1n) is 4.63. The molecule has 1 aromatic carbocycles. The lowest BCUT2D eigenvalue weighted by Gasteiger charge is -2.00. The Hall–Kier alpha value is -1.59. The van der Waals surface area contributed by atoms with E-state index in [1.54, 1.807) is 19.1 Å². The number of hydrogen-bond acceptors (Lipinski definition) is 3. The molecule has 0 amide bonds. The first-order valence-corrected chi connectivity index (χ1v) is 6.17. The molecule has 0 aliphatic rings. The van der Waals surface area contributed by atoms with Gasteiger partial charge in [-0.2, -0.15) is 0 Å². The number of nitrogens with two attached hydrogens (primary N) is 2. The van der Waals surface area contributed by atoms with Crippen molar-refractivity contribution in [3.63, 3.8) is 0 Å². The molecule has 0 fully saturated rings. The van der Waals surface area contributed by atoms with Crippen molar-refractivity contribution in [3.05, 3.63) is 52.6 Å². The van der Waals surface area contributed by atoms with Gasteiger partial charge in [0.15, 0.2) is 0 Å². The molecule has 0 aromatic heterocycles. The lowest BCUT2D eigenvalue weighted by atomic mass is 10.2. The minimum atomic E-state index is -3.75. The van der Waals surface area contributed by atoms with Crippen molar-refractivity contribution in [2.75, 3.05) is 0 Å². The second-order valence-electron chi connectivity index (χ2n) is 3.39. The predicted molar refractivity (Wildman–Crippen MR) is 65.5 cm³/mol. The number of primary sulfonamides is 1. The zero-order valence-electron chi connectivity index (χ0n) is 8.92. The van der Waals surface area contributed by atoms with Crippen molar-refractivity contribution in [2.24, 2.45) is 10.9 Å². The van der Waals surface area contributed by atoms with E-state index >= 15 is 0 Å². The normalized spacial score (nSPS) is 13.9. The van der Waals surface area contributed by atoms with Gasteiger partial charge in [0.2, 0.25) is 10.0 Å². The molecule has 0 atom stereocenters. The summed E-state index contributed by atoms with van der Waals surface area (Å²) in [5.41, 5.74) is 6.58. The Morgan fingerprint density at radius 1 is 1.25 bits per heavy atom. The summed E-state index contributed by atoms with van der Waals surface area (Å²) in [6.45, 7) is 1.60. The van der Waals surface area contributed by atoms with Crippen molar-refractivity contribution in [1.29, 1.82) is 0 Å². The third-order valence-corrected chi connectivity index (χ3v) is 2.70. The summed E-state index contributed by atoms with van der Waals surface area (Å²) in [6.07, 6.45) is 2.81. The predicted octanol–water partition coefficient (Wildman–Crippen LogP) is 1.18. The first-order chi connectivity index (χ1) is 7.39. The van der Waals surface area contributed by atoms with Crippen LogP contribution in [0.3, 0.4) is 0 Å². The molecule has 16 heavy (non-hydrogen) atoms. The van der Waals surface area contributed by atoms with Gasteiger partial charge in [0, 0.05) is 5.70 Å². The van der Waals surface area contributed by atoms with Crippen LogP contribution in [0.5, 0.6) is 0 Å². The Morgan fingerprint density at radius 3 is 2.25 bits per heavy atom. The molecule has 1 rings (SSSR count). The highest BCUT2D eigenvalue weighted by atomic mass is 32.2.